The number of hydrogen-bond donors (Lipinski definition) is 0. The van der Waals surface area contributed by atoms with E-state index in [0.29, 0.717) is 0 Å². The zero-order valence-corrected chi connectivity index (χ0v) is 6.16. The molecular formula is C6H11NS. The Labute approximate surface area is 54.9 Å². The molecule has 0 aromatic rings. The van der Waals surface area contributed by atoms with E-state index in [1.54, 1.807) is 18.0 Å². The minimum absolute atomic E-state index is 1.11. The third-order valence-corrected chi connectivity index (χ3v) is 1.49. The van der Waals surface area contributed by atoms with Crippen LogP contribution in [0, 0.1) is 0 Å². The molecule has 2 heteroatoms. The Morgan fingerprint density at radius 2 is 2.50 bits per heavy atom. The molecule has 0 spiro atoms. The SMILES string of the molecule is C=N/C=C(/C)SCC. The highest BCUT2D eigenvalue weighted by Crippen LogP contribution is 2.12. The Balaban J connectivity index is 3.44. The van der Waals surface area contributed by atoms with Crippen LogP contribution in [0.4, 0.5) is 0 Å². The maximum absolute atomic E-state index is 3.62. The average Bonchev–Trinajstić information content (AvgIpc) is 1.68. The van der Waals surface area contributed by atoms with Crippen LogP contribution < -0.4 is 0 Å². The summed E-state index contributed by atoms with van der Waals surface area (Å²) >= 11 is 1.78. The van der Waals surface area contributed by atoms with Gasteiger partial charge in [0.2, 0.25) is 0 Å². The standard InChI is InChI=1S/C6H11NS/c1-4-8-6(2)5-7-3/h5H,3-4H2,1-2H3/b6-5-. The predicted octanol–water partition coefficient (Wildman–Crippen LogP) is 2.30. The molecule has 1 nitrogen and oxygen atoms in total. The van der Waals surface area contributed by atoms with E-state index in [1.807, 2.05) is 6.92 Å². The van der Waals surface area contributed by atoms with Crippen LogP contribution in [0.3, 0.4) is 0 Å². The first-order valence-electron chi connectivity index (χ1n) is 2.56. The third-order valence-electron chi connectivity index (χ3n) is 0.645. The highest BCUT2D eigenvalue weighted by molar-refractivity contribution is 8.03. The van der Waals surface area contributed by atoms with E-state index in [-0.39, 0.29) is 0 Å². The van der Waals surface area contributed by atoms with Gasteiger partial charge >= 0.3 is 0 Å². The summed E-state index contributed by atoms with van der Waals surface area (Å²) in [6, 6.07) is 0. The predicted molar refractivity (Wildman–Crippen MR) is 41.4 cm³/mol. The Morgan fingerprint density at radius 1 is 1.88 bits per heavy atom. The van der Waals surface area contributed by atoms with Gasteiger partial charge in [0.25, 0.3) is 0 Å². The Bertz CT molecular complexity index is 96.7. The number of rotatable bonds is 3. The number of aliphatic imine (C=N–C) groups is 1. The van der Waals surface area contributed by atoms with E-state index in [9.17, 15) is 0 Å². The topological polar surface area (TPSA) is 12.4 Å². The molecule has 0 aromatic heterocycles. The summed E-state index contributed by atoms with van der Waals surface area (Å²) in [4.78, 5) is 4.85. The number of thioether (sulfide) groups is 1. The Morgan fingerprint density at radius 3 is 2.88 bits per heavy atom. The molecule has 0 saturated heterocycles. The van der Waals surface area contributed by atoms with Crippen molar-refractivity contribution in [2.75, 3.05) is 5.75 Å². The summed E-state index contributed by atoms with van der Waals surface area (Å²) in [6.45, 7) is 7.49. The van der Waals surface area contributed by atoms with Crippen LogP contribution >= 0.6 is 11.8 Å². The van der Waals surface area contributed by atoms with Gasteiger partial charge in [-0.15, -0.1) is 11.8 Å². The molecule has 0 bridgehead atoms. The van der Waals surface area contributed by atoms with E-state index in [4.69, 9.17) is 0 Å². The summed E-state index contributed by atoms with van der Waals surface area (Å²) in [7, 11) is 0. The number of hydrogen-bond acceptors (Lipinski definition) is 2. The van der Waals surface area contributed by atoms with Crippen molar-refractivity contribution in [2.45, 2.75) is 13.8 Å². The molecule has 0 heterocycles. The lowest BCUT2D eigenvalue weighted by atomic mass is 10.7. The second-order valence-electron chi connectivity index (χ2n) is 1.36. The molecule has 0 atom stereocenters. The highest BCUT2D eigenvalue weighted by Gasteiger charge is 1.82. The van der Waals surface area contributed by atoms with Crippen LogP contribution in [0.25, 0.3) is 0 Å². The summed E-state index contributed by atoms with van der Waals surface area (Å²) in [6.07, 6.45) is 1.77. The highest BCUT2D eigenvalue weighted by atomic mass is 32.2. The number of allylic oxidation sites excluding steroid dienone is 1. The first kappa shape index (κ1) is 7.76. The lowest BCUT2D eigenvalue weighted by molar-refractivity contribution is 1.49. The lowest BCUT2D eigenvalue weighted by Gasteiger charge is -1.91. The largest absolute Gasteiger partial charge is 0.272 e. The van der Waals surface area contributed by atoms with E-state index in [0.717, 1.165) is 5.75 Å². The van der Waals surface area contributed by atoms with Crippen LogP contribution in [-0.2, 0) is 0 Å². The lowest BCUT2D eigenvalue weighted by Crippen LogP contribution is -1.66. The van der Waals surface area contributed by atoms with Gasteiger partial charge in [-0.2, -0.15) is 0 Å². The van der Waals surface area contributed by atoms with E-state index in [1.165, 1.54) is 4.91 Å². The fourth-order valence-corrected chi connectivity index (χ4v) is 0.998. The molecule has 0 N–H and O–H groups in total. The quantitative estimate of drug-likeness (QED) is 0.533. The van der Waals surface area contributed by atoms with Crippen LogP contribution in [0.5, 0.6) is 0 Å². The fourth-order valence-electron chi connectivity index (χ4n) is 0.393. The van der Waals surface area contributed by atoms with Crippen LogP contribution in [0.15, 0.2) is 16.1 Å². The first-order chi connectivity index (χ1) is 3.81. The molecule has 0 unspecified atom stereocenters. The van der Waals surface area contributed by atoms with E-state index in [2.05, 4.69) is 18.6 Å². The minimum Gasteiger partial charge on any atom is -0.272 e. The van der Waals surface area contributed by atoms with Gasteiger partial charge in [-0.1, -0.05) is 6.92 Å². The molecule has 0 rings (SSSR count). The zero-order chi connectivity index (χ0) is 6.41. The third kappa shape index (κ3) is 3.93. The first-order valence-corrected chi connectivity index (χ1v) is 3.55. The normalized spacial score (nSPS) is 11.5. The molecule has 0 aliphatic carbocycles. The maximum atomic E-state index is 3.62. The van der Waals surface area contributed by atoms with Gasteiger partial charge in [0, 0.05) is 6.20 Å². The Kier molecular flexibility index (Phi) is 4.76. The van der Waals surface area contributed by atoms with Gasteiger partial charge in [0.05, 0.1) is 0 Å². The summed E-state index contributed by atoms with van der Waals surface area (Å²) in [5.74, 6) is 1.11. The molecule has 46 valence electrons. The fraction of sp³-hybridized carbons (Fsp3) is 0.500. The van der Waals surface area contributed by atoms with Crippen molar-refractivity contribution in [1.82, 2.24) is 0 Å². The van der Waals surface area contributed by atoms with Crippen LogP contribution in [-0.4, -0.2) is 12.5 Å². The van der Waals surface area contributed by atoms with Crippen molar-refractivity contribution in [3.63, 3.8) is 0 Å². The summed E-state index contributed by atoms with van der Waals surface area (Å²) in [5, 5.41) is 0. The smallest absolute Gasteiger partial charge is 0.0352 e. The summed E-state index contributed by atoms with van der Waals surface area (Å²) in [5.41, 5.74) is 0. The minimum atomic E-state index is 1.11. The molecule has 0 radical (unpaired) electrons. The molecule has 0 aliphatic heterocycles. The van der Waals surface area contributed by atoms with Crippen molar-refractivity contribution >= 4 is 18.5 Å². The summed E-state index contributed by atoms with van der Waals surface area (Å²) < 4.78 is 0. The van der Waals surface area contributed by atoms with Gasteiger partial charge < -0.3 is 0 Å². The van der Waals surface area contributed by atoms with Gasteiger partial charge in [0.1, 0.15) is 0 Å². The monoisotopic (exact) mass is 129 g/mol. The second kappa shape index (κ2) is 4.91. The van der Waals surface area contributed by atoms with Gasteiger partial charge in [-0.25, -0.2) is 0 Å². The average molecular weight is 129 g/mol. The van der Waals surface area contributed by atoms with Gasteiger partial charge in [-0.05, 0) is 24.3 Å². The molecule has 0 aromatic carbocycles. The second-order valence-corrected chi connectivity index (χ2v) is 2.87. The van der Waals surface area contributed by atoms with Crippen molar-refractivity contribution in [3.8, 4) is 0 Å². The van der Waals surface area contributed by atoms with Crippen LogP contribution in [0.1, 0.15) is 13.8 Å². The van der Waals surface area contributed by atoms with Crippen molar-refractivity contribution < 1.29 is 0 Å². The van der Waals surface area contributed by atoms with Crippen LogP contribution in [0.2, 0.25) is 0 Å². The molecule has 8 heavy (non-hydrogen) atoms. The molecule has 0 fully saturated rings. The van der Waals surface area contributed by atoms with Crippen molar-refractivity contribution in [1.29, 1.82) is 0 Å². The Hall–Kier alpha value is -0.240. The molecule has 0 amide bonds. The van der Waals surface area contributed by atoms with Crippen molar-refractivity contribution in [3.05, 3.63) is 11.1 Å². The van der Waals surface area contributed by atoms with Crippen molar-refractivity contribution in [2.24, 2.45) is 4.99 Å². The zero-order valence-electron chi connectivity index (χ0n) is 5.35. The van der Waals surface area contributed by atoms with Gasteiger partial charge in [-0.3, -0.25) is 4.99 Å². The molecular weight excluding hydrogens is 118 g/mol. The van der Waals surface area contributed by atoms with E-state index >= 15 is 0 Å². The maximum Gasteiger partial charge on any atom is 0.0352 e. The number of nitrogens with zero attached hydrogens (tertiary/aromatic N) is 1. The van der Waals surface area contributed by atoms with Gasteiger partial charge in [0.15, 0.2) is 0 Å². The van der Waals surface area contributed by atoms with E-state index < -0.39 is 0 Å². The molecule has 0 saturated carbocycles. The molecule has 0 aliphatic rings.